The van der Waals surface area contributed by atoms with Crippen LogP contribution in [0.3, 0.4) is 0 Å². The van der Waals surface area contributed by atoms with Gasteiger partial charge in [0.15, 0.2) is 0 Å². The first-order chi connectivity index (χ1) is 4.00. The van der Waals surface area contributed by atoms with Gasteiger partial charge in [0, 0.05) is 0 Å². The van der Waals surface area contributed by atoms with E-state index in [1.165, 1.54) is 0 Å². The molecule has 0 aliphatic rings. The molecule has 0 aromatic carbocycles. The Bertz CT molecular complexity index is 212. The van der Waals surface area contributed by atoms with Crippen LogP contribution in [0.1, 0.15) is 0 Å². The maximum atomic E-state index is 8.74. The number of hydrogen-bond donors (Lipinski definition) is 4. The van der Waals surface area contributed by atoms with Gasteiger partial charge in [0.2, 0.25) is 0 Å². The average molecular weight is 298 g/mol. The summed E-state index contributed by atoms with van der Waals surface area (Å²) in [6, 6.07) is 0. The molecule has 13 heavy (non-hydrogen) atoms. The molecule has 0 rings (SSSR count). The van der Waals surface area contributed by atoms with E-state index in [0.29, 0.717) is 0 Å². The van der Waals surface area contributed by atoms with Crippen molar-refractivity contribution in [2.75, 3.05) is 0 Å². The van der Waals surface area contributed by atoms with Crippen LogP contribution in [0.2, 0.25) is 0 Å². The Morgan fingerprint density at radius 2 is 0.615 bits per heavy atom. The van der Waals surface area contributed by atoms with Crippen molar-refractivity contribution < 1.29 is 40.5 Å². The van der Waals surface area contributed by atoms with Gasteiger partial charge in [0.05, 0.1) is 0 Å². The van der Waals surface area contributed by atoms with Crippen LogP contribution in [-0.4, -0.2) is 116 Å². The van der Waals surface area contributed by atoms with Crippen molar-refractivity contribution in [1.82, 2.24) is 0 Å². The summed E-state index contributed by atoms with van der Waals surface area (Å²) < 4.78 is 63.2. The standard InChI is InChI=1S/2Ca.2H2O4S.H2O.4H/c;;2*1-5(2,3)4;;;;;/h;;2*(H2,1,2,3,4);1H2;;;;. The second-order valence-corrected chi connectivity index (χ2v) is 2.69. The first-order valence-corrected chi connectivity index (χ1v) is 4.19. The third-order valence-corrected chi connectivity index (χ3v) is 0. The van der Waals surface area contributed by atoms with Gasteiger partial charge in [-0.25, -0.2) is 0 Å². The SMILES string of the molecule is O.O=S(=O)(O)O.O=S(=O)(O)O.[CaH2].[CaH2]. The van der Waals surface area contributed by atoms with E-state index < -0.39 is 20.8 Å². The van der Waals surface area contributed by atoms with Gasteiger partial charge < -0.3 is 5.48 Å². The molecule has 0 spiro atoms. The second-order valence-electron chi connectivity index (χ2n) is 0.896. The zero-order chi connectivity index (χ0) is 9.00. The van der Waals surface area contributed by atoms with Crippen molar-refractivity contribution >= 4 is 96.3 Å². The molecular formula is H10Ca2O9S2. The Morgan fingerprint density at radius 3 is 0.615 bits per heavy atom. The Balaban J connectivity index is -0.0000000267. The minimum absolute atomic E-state index is 0. The number of rotatable bonds is 0. The summed E-state index contributed by atoms with van der Waals surface area (Å²) in [5.41, 5.74) is 0. The summed E-state index contributed by atoms with van der Waals surface area (Å²) in [6.45, 7) is 0. The van der Waals surface area contributed by atoms with Crippen LogP contribution < -0.4 is 0 Å². The van der Waals surface area contributed by atoms with E-state index >= 15 is 0 Å². The molecule has 0 saturated carbocycles. The molecular weight excluding hydrogens is 288 g/mol. The van der Waals surface area contributed by atoms with E-state index in [2.05, 4.69) is 0 Å². The Morgan fingerprint density at radius 1 is 0.615 bits per heavy atom. The summed E-state index contributed by atoms with van der Waals surface area (Å²) in [7, 11) is -9.33. The zero-order valence-electron chi connectivity index (χ0n) is 4.74. The first-order valence-electron chi connectivity index (χ1n) is 1.40. The molecule has 0 aromatic rings. The molecule has 0 fully saturated rings. The molecule has 0 heterocycles. The summed E-state index contributed by atoms with van der Waals surface area (Å²) >= 11 is 0. The molecule has 0 amide bonds. The van der Waals surface area contributed by atoms with Crippen LogP contribution in [0.25, 0.3) is 0 Å². The maximum absolute atomic E-state index is 8.74. The van der Waals surface area contributed by atoms with E-state index in [0.717, 1.165) is 0 Å². The molecule has 0 aromatic heterocycles. The molecule has 0 aliphatic carbocycles. The van der Waals surface area contributed by atoms with Gasteiger partial charge in [-0.05, 0) is 0 Å². The molecule has 80 valence electrons. The van der Waals surface area contributed by atoms with E-state index in [9.17, 15) is 0 Å². The molecule has 0 bridgehead atoms. The fourth-order valence-electron chi connectivity index (χ4n) is 0. The van der Waals surface area contributed by atoms with Crippen molar-refractivity contribution in [3.8, 4) is 0 Å². The average Bonchev–Trinajstić information content (AvgIpc) is 1.12. The normalized spacial score (nSPS) is 8.92. The van der Waals surface area contributed by atoms with Crippen LogP contribution in [0.5, 0.6) is 0 Å². The van der Waals surface area contributed by atoms with E-state index in [-0.39, 0.29) is 81.0 Å². The summed E-state index contributed by atoms with van der Waals surface area (Å²) in [5.74, 6) is 0. The summed E-state index contributed by atoms with van der Waals surface area (Å²) in [4.78, 5) is 0. The topological polar surface area (TPSA) is 181 Å². The van der Waals surface area contributed by atoms with Gasteiger partial charge >= 0.3 is 96.3 Å². The Kier molecular flexibility index (Phi) is 27.9. The molecule has 0 atom stereocenters. The van der Waals surface area contributed by atoms with Crippen molar-refractivity contribution in [2.45, 2.75) is 0 Å². The first kappa shape index (κ1) is 29.5. The predicted molar refractivity (Wildman–Crippen MR) is 49.1 cm³/mol. The number of hydrogen-bond acceptors (Lipinski definition) is 4. The fourth-order valence-corrected chi connectivity index (χ4v) is 0. The van der Waals surface area contributed by atoms with Crippen LogP contribution in [-0.2, 0) is 20.8 Å². The summed E-state index contributed by atoms with van der Waals surface area (Å²) in [6.07, 6.45) is 0. The van der Waals surface area contributed by atoms with Crippen molar-refractivity contribution in [1.29, 1.82) is 0 Å². The monoisotopic (exact) mass is 298 g/mol. The Hall–Kier alpha value is 2.22. The fraction of sp³-hybridized carbons (Fsp3) is 0. The van der Waals surface area contributed by atoms with Gasteiger partial charge in [-0.15, -0.1) is 0 Å². The van der Waals surface area contributed by atoms with Gasteiger partial charge in [-0.2, -0.15) is 16.8 Å². The van der Waals surface area contributed by atoms with Gasteiger partial charge in [0.25, 0.3) is 0 Å². The van der Waals surface area contributed by atoms with Crippen molar-refractivity contribution in [3.63, 3.8) is 0 Å². The van der Waals surface area contributed by atoms with Gasteiger partial charge in [0.1, 0.15) is 0 Å². The molecule has 0 unspecified atom stereocenters. The predicted octanol–water partition coefficient (Wildman–Crippen LogP) is -3.96. The van der Waals surface area contributed by atoms with Gasteiger partial charge in [-0.1, -0.05) is 0 Å². The molecule has 9 nitrogen and oxygen atoms in total. The third kappa shape index (κ3) is 431. The van der Waals surface area contributed by atoms with Crippen molar-refractivity contribution in [2.24, 2.45) is 0 Å². The molecule has 0 radical (unpaired) electrons. The molecule has 0 saturated heterocycles. The third-order valence-electron chi connectivity index (χ3n) is 0. The second kappa shape index (κ2) is 12.3. The Labute approximate surface area is 134 Å². The van der Waals surface area contributed by atoms with E-state index in [4.69, 9.17) is 35.0 Å². The molecule has 0 aliphatic heterocycles. The van der Waals surface area contributed by atoms with E-state index in [1.54, 1.807) is 0 Å². The van der Waals surface area contributed by atoms with Crippen LogP contribution in [0.4, 0.5) is 0 Å². The zero-order valence-corrected chi connectivity index (χ0v) is 6.37. The van der Waals surface area contributed by atoms with Crippen molar-refractivity contribution in [3.05, 3.63) is 0 Å². The summed E-state index contributed by atoms with van der Waals surface area (Å²) in [5, 5.41) is 0. The quantitative estimate of drug-likeness (QED) is 0.258. The van der Waals surface area contributed by atoms with Crippen LogP contribution >= 0.6 is 0 Å². The van der Waals surface area contributed by atoms with E-state index in [1.807, 2.05) is 0 Å². The van der Waals surface area contributed by atoms with Crippen LogP contribution in [0, 0.1) is 0 Å². The minimum atomic E-state index is -4.67. The molecule has 13 heteroatoms. The van der Waals surface area contributed by atoms with Gasteiger partial charge in [-0.3, -0.25) is 18.2 Å². The molecule has 6 N–H and O–H groups in total. The van der Waals surface area contributed by atoms with Crippen LogP contribution in [0.15, 0.2) is 0 Å².